The summed E-state index contributed by atoms with van der Waals surface area (Å²) in [6.45, 7) is 0. The molecule has 0 aliphatic carbocycles. The summed E-state index contributed by atoms with van der Waals surface area (Å²) in [6.07, 6.45) is 0. The molecular weight excluding hydrogens is 343 g/mol. The highest BCUT2D eigenvalue weighted by molar-refractivity contribution is 7.92. The van der Waals surface area contributed by atoms with Gasteiger partial charge in [0.2, 0.25) is 0 Å². The third kappa shape index (κ3) is 3.49. The molecule has 8 heteroatoms. The summed E-state index contributed by atoms with van der Waals surface area (Å²) >= 11 is 17.4. The lowest BCUT2D eigenvalue weighted by molar-refractivity contribution is 0.601. The molecule has 4 nitrogen and oxygen atoms in total. The number of hydrogen-bond donors (Lipinski definition) is 2. The number of hydrogen-bond acceptors (Lipinski definition) is 3. The molecule has 0 spiro atoms. The van der Waals surface area contributed by atoms with E-state index in [4.69, 9.17) is 40.5 Å². The first-order chi connectivity index (χ1) is 9.28. The van der Waals surface area contributed by atoms with Crippen LogP contribution in [0.3, 0.4) is 0 Å². The first-order valence-corrected chi connectivity index (χ1v) is 7.93. The fraction of sp³-hybridized carbons (Fsp3) is 0. The second-order valence-electron chi connectivity index (χ2n) is 3.95. The summed E-state index contributed by atoms with van der Waals surface area (Å²) in [5.74, 6) is 0. The van der Waals surface area contributed by atoms with E-state index < -0.39 is 10.0 Å². The summed E-state index contributed by atoms with van der Waals surface area (Å²) in [5.41, 5.74) is 5.97. The number of nitrogens with two attached hydrogens (primary N) is 1. The molecule has 0 heterocycles. The molecule has 0 aliphatic heterocycles. The van der Waals surface area contributed by atoms with Crippen LogP contribution < -0.4 is 10.5 Å². The smallest absolute Gasteiger partial charge is 0.263 e. The van der Waals surface area contributed by atoms with E-state index >= 15 is 0 Å². The van der Waals surface area contributed by atoms with Gasteiger partial charge in [-0.25, -0.2) is 8.42 Å². The van der Waals surface area contributed by atoms with Gasteiger partial charge in [-0.1, -0.05) is 34.8 Å². The SMILES string of the molecule is Nc1cc(Cl)ccc1S(=O)(=O)Nc1cc(Cl)cc(Cl)c1. The Hall–Kier alpha value is -1.14. The molecule has 2 aromatic rings. The lowest BCUT2D eigenvalue weighted by Gasteiger charge is -2.11. The largest absolute Gasteiger partial charge is 0.398 e. The molecular formula is C12H9Cl3N2O2S. The van der Waals surface area contributed by atoms with Gasteiger partial charge in [-0.2, -0.15) is 0 Å². The van der Waals surface area contributed by atoms with Crippen LogP contribution in [0, 0.1) is 0 Å². The summed E-state index contributed by atoms with van der Waals surface area (Å²) in [6, 6.07) is 8.51. The van der Waals surface area contributed by atoms with Crippen LogP contribution in [-0.2, 0) is 10.0 Å². The van der Waals surface area contributed by atoms with Gasteiger partial charge in [-0.05, 0) is 36.4 Å². The van der Waals surface area contributed by atoms with E-state index in [1.807, 2.05) is 0 Å². The third-order valence-corrected chi connectivity index (χ3v) is 4.50. The minimum atomic E-state index is -3.85. The van der Waals surface area contributed by atoms with Gasteiger partial charge in [0.1, 0.15) is 4.90 Å². The van der Waals surface area contributed by atoms with Crippen molar-refractivity contribution in [3.8, 4) is 0 Å². The van der Waals surface area contributed by atoms with Crippen LogP contribution in [-0.4, -0.2) is 8.42 Å². The van der Waals surface area contributed by atoms with Crippen LogP contribution in [0.1, 0.15) is 0 Å². The van der Waals surface area contributed by atoms with Gasteiger partial charge in [-0.3, -0.25) is 4.72 Å². The summed E-state index contributed by atoms with van der Waals surface area (Å²) in [5, 5.41) is 0.991. The normalized spacial score (nSPS) is 11.3. The van der Waals surface area contributed by atoms with E-state index in [1.54, 1.807) is 0 Å². The number of rotatable bonds is 3. The fourth-order valence-corrected chi connectivity index (χ4v) is 3.45. The quantitative estimate of drug-likeness (QED) is 0.820. The van der Waals surface area contributed by atoms with Gasteiger partial charge in [-0.15, -0.1) is 0 Å². The Bertz CT molecular complexity index is 743. The first-order valence-electron chi connectivity index (χ1n) is 5.32. The van der Waals surface area contributed by atoms with Crippen LogP contribution in [0.4, 0.5) is 11.4 Å². The Kier molecular flexibility index (Phi) is 4.34. The molecule has 0 saturated carbocycles. The molecule has 0 unspecified atom stereocenters. The molecule has 0 amide bonds. The zero-order chi connectivity index (χ0) is 14.9. The van der Waals surface area contributed by atoms with Crippen molar-refractivity contribution in [1.82, 2.24) is 0 Å². The predicted molar refractivity (Wildman–Crippen MR) is 83.1 cm³/mol. The number of anilines is 2. The van der Waals surface area contributed by atoms with E-state index in [-0.39, 0.29) is 16.3 Å². The Morgan fingerprint density at radius 3 is 2.05 bits per heavy atom. The highest BCUT2D eigenvalue weighted by Gasteiger charge is 2.18. The van der Waals surface area contributed by atoms with Gasteiger partial charge in [0.05, 0.1) is 11.4 Å². The van der Waals surface area contributed by atoms with Gasteiger partial charge >= 0.3 is 0 Å². The maximum absolute atomic E-state index is 12.2. The predicted octanol–water partition coefficient (Wildman–Crippen LogP) is 4.03. The lowest BCUT2D eigenvalue weighted by atomic mass is 10.3. The number of sulfonamides is 1. The van der Waals surface area contributed by atoms with Crippen molar-refractivity contribution in [2.75, 3.05) is 10.5 Å². The Morgan fingerprint density at radius 1 is 0.900 bits per heavy atom. The van der Waals surface area contributed by atoms with Crippen molar-refractivity contribution in [2.45, 2.75) is 4.90 Å². The standard InChI is InChI=1S/C12H9Cl3N2O2S/c13-7-1-2-12(11(16)6-7)20(18,19)17-10-4-8(14)3-9(15)5-10/h1-6,17H,16H2. The van der Waals surface area contributed by atoms with Crippen LogP contribution in [0.25, 0.3) is 0 Å². The molecule has 0 aromatic heterocycles. The number of halogens is 3. The molecule has 0 atom stereocenters. The van der Waals surface area contributed by atoms with Crippen molar-refractivity contribution < 1.29 is 8.42 Å². The van der Waals surface area contributed by atoms with Gasteiger partial charge in [0.25, 0.3) is 10.0 Å². The third-order valence-electron chi connectivity index (χ3n) is 2.38. The maximum Gasteiger partial charge on any atom is 0.263 e. The highest BCUT2D eigenvalue weighted by Crippen LogP contribution is 2.27. The summed E-state index contributed by atoms with van der Waals surface area (Å²) in [4.78, 5) is -0.0713. The van der Waals surface area contributed by atoms with Gasteiger partial charge < -0.3 is 5.73 Å². The monoisotopic (exact) mass is 350 g/mol. The summed E-state index contributed by atoms with van der Waals surface area (Å²) < 4.78 is 26.8. The average Bonchev–Trinajstić information content (AvgIpc) is 2.25. The maximum atomic E-state index is 12.2. The number of nitrogen functional groups attached to an aromatic ring is 1. The van der Waals surface area contributed by atoms with Crippen LogP contribution in [0.5, 0.6) is 0 Å². The van der Waals surface area contributed by atoms with Gasteiger partial charge in [0, 0.05) is 15.1 Å². The number of nitrogens with one attached hydrogen (secondary N) is 1. The van der Waals surface area contributed by atoms with E-state index in [1.165, 1.54) is 36.4 Å². The molecule has 106 valence electrons. The van der Waals surface area contributed by atoms with E-state index in [0.29, 0.717) is 15.1 Å². The fourth-order valence-electron chi connectivity index (χ4n) is 1.59. The van der Waals surface area contributed by atoms with Crippen LogP contribution >= 0.6 is 34.8 Å². The second kappa shape index (κ2) is 5.69. The molecule has 0 fully saturated rings. The molecule has 0 radical (unpaired) electrons. The minimum Gasteiger partial charge on any atom is -0.398 e. The second-order valence-corrected chi connectivity index (χ2v) is 6.91. The topological polar surface area (TPSA) is 72.2 Å². The Labute approximate surface area is 131 Å². The van der Waals surface area contributed by atoms with Crippen molar-refractivity contribution in [3.63, 3.8) is 0 Å². The van der Waals surface area contributed by atoms with Crippen LogP contribution in [0.15, 0.2) is 41.3 Å². The molecule has 0 saturated heterocycles. The highest BCUT2D eigenvalue weighted by atomic mass is 35.5. The zero-order valence-electron chi connectivity index (χ0n) is 9.90. The number of benzene rings is 2. The Morgan fingerprint density at radius 2 is 1.50 bits per heavy atom. The van der Waals surface area contributed by atoms with Crippen LogP contribution in [0.2, 0.25) is 15.1 Å². The lowest BCUT2D eigenvalue weighted by Crippen LogP contribution is -2.14. The van der Waals surface area contributed by atoms with Crippen molar-refractivity contribution in [1.29, 1.82) is 0 Å². The van der Waals surface area contributed by atoms with Crippen molar-refractivity contribution >= 4 is 56.2 Å². The van der Waals surface area contributed by atoms with Gasteiger partial charge in [0.15, 0.2) is 0 Å². The Balaban J connectivity index is 2.40. The van der Waals surface area contributed by atoms with E-state index in [9.17, 15) is 8.42 Å². The molecule has 2 aromatic carbocycles. The first kappa shape index (κ1) is 15.3. The molecule has 3 N–H and O–H groups in total. The van der Waals surface area contributed by atoms with E-state index in [2.05, 4.69) is 4.72 Å². The molecule has 2 rings (SSSR count). The minimum absolute atomic E-state index is 0.0538. The molecule has 0 bridgehead atoms. The molecule has 0 aliphatic rings. The van der Waals surface area contributed by atoms with E-state index in [0.717, 1.165) is 0 Å². The zero-order valence-corrected chi connectivity index (χ0v) is 13.0. The summed E-state index contributed by atoms with van der Waals surface area (Å²) in [7, 11) is -3.85. The molecule has 20 heavy (non-hydrogen) atoms. The average molecular weight is 352 g/mol. The van der Waals surface area contributed by atoms with Crippen molar-refractivity contribution in [3.05, 3.63) is 51.5 Å². The van der Waals surface area contributed by atoms with Crippen molar-refractivity contribution in [2.24, 2.45) is 0 Å².